The molecule has 1 amide bonds. The Bertz CT molecular complexity index is 848. The van der Waals surface area contributed by atoms with Crippen molar-refractivity contribution in [1.29, 1.82) is 0 Å². The van der Waals surface area contributed by atoms with Crippen molar-refractivity contribution in [3.8, 4) is 0 Å². The van der Waals surface area contributed by atoms with Crippen LogP contribution in [0.25, 0.3) is 0 Å². The summed E-state index contributed by atoms with van der Waals surface area (Å²) < 4.78 is 51.9. The summed E-state index contributed by atoms with van der Waals surface area (Å²) in [5.41, 5.74) is -0.150. The highest BCUT2D eigenvalue weighted by Gasteiger charge is 2.31. The molecule has 8 heteroatoms. The Morgan fingerprint density at radius 2 is 1.85 bits per heavy atom. The van der Waals surface area contributed by atoms with Crippen LogP contribution in [0.3, 0.4) is 0 Å². The number of carbonyl (C=O) groups is 2. The number of hydrogen-bond acceptors (Lipinski definition) is 3. The third kappa shape index (κ3) is 5.11. The lowest BCUT2D eigenvalue weighted by molar-refractivity contribution is -0.137. The van der Waals surface area contributed by atoms with Gasteiger partial charge >= 0.3 is 6.18 Å². The van der Waals surface area contributed by atoms with Gasteiger partial charge in [0.25, 0.3) is 5.91 Å². The van der Waals surface area contributed by atoms with Gasteiger partial charge in [0, 0.05) is 35.5 Å². The van der Waals surface area contributed by atoms with E-state index in [-0.39, 0.29) is 23.3 Å². The molecule has 0 aliphatic carbocycles. The molecule has 0 fully saturated rings. The number of aryl methyl sites for hydroxylation is 1. The fourth-order valence-electron chi connectivity index (χ4n) is 2.38. The van der Waals surface area contributed by atoms with Crippen LogP contribution in [0.4, 0.5) is 17.6 Å². The maximum Gasteiger partial charge on any atom is 0.416 e. The van der Waals surface area contributed by atoms with E-state index in [4.69, 9.17) is 0 Å². The van der Waals surface area contributed by atoms with E-state index in [9.17, 15) is 27.2 Å². The predicted molar refractivity (Wildman–Crippen MR) is 85.9 cm³/mol. The van der Waals surface area contributed by atoms with Gasteiger partial charge in [-0.25, -0.2) is 4.39 Å². The minimum absolute atomic E-state index is 0.0597. The summed E-state index contributed by atoms with van der Waals surface area (Å²) >= 11 is 0. The van der Waals surface area contributed by atoms with E-state index < -0.39 is 30.0 Å². The normalized spacial score (nSPS) is 11.3. The van der Waals surface area contributed by atoms with Gasteiger partial charge in [-0.15, -0.1) is 0 Å². The minimum Gasteiger partial charge on any atom is -0.348 e. The number of amides is 1. The largest absolute Gasteiger partial charge is 0.416 e. The summed E-state index contributed by atoms with van der Waals surface area (Å²) in [6.45, 7) is 2.63. The molecule has 0 saturated carbocycles. The van der Waals surface area contributed by atoms with Gasteiger partial charge in [-0.3, -0.25) is 14.6 Å². The number of rotatable bonds is 5. The number of nitrogens with zero attached hydrogens (tertiary/aromatic N) is 1. The molecular formula is C18H16F4N2O2. The number of ketones is 1. The van der Waals surface area contributed by atoms with Crippen molar-refractivity contribution in [3.05, 3.63) is 64.2 Å². The van der Waals surface area contributed by atoms with Gasteiger partial charge in [-0.05, 0) is 44.2 Å². The Morgan fingerprint density at radius 1 is 1.15 bits per heavy atom. The van der Waals surface area contributed by atoms with Crippen molar-refractivity contribution < 1.29 is 27.2 Å². The average Bonchev–Trinajstić information content (AvgIpc) is 2.51. The minimum atomic E-state index is -4.60. The van der Waals surface area contributed by atoms with E-state index >= 15 is 0 Å². The van der Waals surface area contributed by atoms with E-state index in [1.165, 1.54) is 19.1 Å². The zero-order valence-corrected chi connectivity index (χ0v) is 14.1. The molecular weight excluding hydrogens is 352 g/mol. The second-order valence-corrected chi connectivity index (χ2v) is 5.85. The molecule has 1 aromatic heterocycles. The lowest BCUT2D eigenvalue weighted by Crippen LogP contribution is -2.24. The van der Waals surface area contributed by atoms with Gasteiger partial charge in [0.15, 0.2) is 0 Å². The lowest BCUT2D eigenvalue weighted by atomic mass is 10.1. The molecule has 0 bridgehead atoms. The molecule has 4 nitrogen and oxygen atoms in total. The van der Waals surface area contributed by atoms with Gasteiger partial charge in [0.05, 0.1) is 5.56 Å². The number of halogens is 4. The van der Waals surface area contributed by atoms with E-state index in [0.29, 0.717) is 29.6 Å². The van der Waals surface area contributed by atoms with Crippen molar-refractivity contribution in [2.45, 2.75) is 33.0 Å². The summed E-state index contributed by atoms with van der Waals surface area (Å²) in [5, 5.41) is 2.38. The lowest BCUT2D eigenvalue weighted by Gasteiger charge is -2.11. The Kier molecular flexibility index (Phi) is 5.74. The molecule has 0 atom stereocenters. The number of pyridine rings is 1. The number of Topliss-reactive ketones (excluding diaryl/α,β-unsaturated/α-hetero) is 1. The molecule has 0 radical (unpaired) electrons. The van der Waals surface area contributed by atoms with Crippen LogP contribution in [-0.4, -0.2) is 16.7 Å². The molecule has 1 aromatic carbocycles. The standard InChI is InChI=1S/C18H16F4N2O2/c1-10-5-12(8-15(24-10)6-11(2)25)17(26)23-9-13-7-14(18(20,21)22)3-4-16(13)19/h3-5,7-8H,6,9H2,1-2H3,(H,23,26). The quantitative estimate of drug-likeness (QED) is 0.821. The van der Waals surface area contributed by atoms with Crippen molar-refractivity contribution >= 4 is 11.7 Å². The topological polar surface area (TPSA) is 59.1 Å². The highest BCUT2D eigenvalue weighted by Crippen LogP contribution is 2.30. The van der Waals surface area contributed by atoms with Crippen LogP contribution < -0.4 is 5.32 Å². The Labute approximate surface area is 147 Å². The first-order chi connectivity index (χ1) is 12.1. The van der Waals surface area contributed by atoms with Gasteiger partial charge < -0.3 is 5.32 Å². The first-order valence-electron chi connectivity index (χ1n) is 7.67. The summed E-state index contributed by atoms with van der Waals surface area (Å²) in [5.74, 6) is -1.57. The van der Waals surface area contributed by atoms with Crippen molar-refractivity contribution in [2.75, 3.05) is 0 Å². The fraction of sp³-hybridized carbons (Fsp3) is 0.278. The fourth-order valence-corrected chi connectivity index (χ4v) is 2.38. The predicted octanol–water partition coefficient (Wildman–Crippen LogP) is 3.61. The van der Waals surface area contributed by atoms with Crippen LogP contribution >= 0.6 is 0 Å². The zero-order valence-electron chi connectivity index (χ0n) is 14.1. The average molecular weight is 368 g/mol. The first kappa shape index (κ1) is 19.6. The number of aromatic nitrogens is 1. The molecule has 2 aromatic rings. The Hall–Kier alpha value is -2.77. The monoisotopic (exact) mass is 368 g/mol. The van der Waals surface area contributed by atoms with Crippen molar-refractivity contribution in [3.63, 3.8) is 0 Å². The van der Waals surface area contributed by atoms with Gasteiger partial charge in [-0.2, -0.15) is 13.2 Å². The first-order valence-corrected chi connectivity index (χ1v) is 7.67. The summed E-state index contributed by atoms with van der Waals surface area (Å²) in [4.78, 5) is 27.6. The molecule has 1 heterocycles. The van der Waals surface area contributed by atoms with Gasteiger partial charge in [0.2, 0.25) is 0 Å². The van der Waals surface area contributed by atoms with E-state index in [0.717, 1.165) is 0 Å². The highest BCUT2D eigenvalue weighted by molar-refractivity contribution is 5.94. The van der Waals surface area contributed by atoms with Crippen molar-refractivity contribution in [1.82, 2.24) is 10.3 Å². The third-order valence-electron chi connectivity index (χ3n) is 3.51. The van der Waals surface area contributed by atoms with Crippen LogP contribution in [0.1, 0.15) is 39.8 Å². The van der Waals surface area contributed by atoms with Crippen LogP contribution in [0.2, 0.25) is 0 Å². The van der Waals surface area contributed by atoms with E-state index in [1.54, 1.807) is 6.92 Å². The van der Waals surface area contributed by atoms with Crippen LogP contribution in [0, 0.1) is 12.7 Å². The molecule has 0 unspecified atom stereocenters. The molecule has 26 heavy (non-hydrogen) atoms. The van der Waals surface area contributed by atoms with E-state index in [2.05, 4.69) is 10.3 Å². The maximum absolute atomic E-state index is 13.7. The third-order valence-corrected chi connectivity index (χ3v) is 3.51. The second kappa shape index (κ2) is 7.63. The molecule has 138 valence electrons. The molecule has 1 N–H and O–H groups in total. The van der Waals surface area contributed by atoms with Crippen LogP contribution in [0.5, 0.6) is 0 Å². The number of benzene rings is 1. The zero-order chi connectivity index (χ0) is 19.5. The highest BCUT2D eigenvalue weighted by atomic mass is 19.4. The smallest absolute Gasteiger partial charge is 0.348 e. The molecule has 0 spiro atoms. The van der Waals surface area contributed by atoms with Crippen LogP contribution in [-0.2, 0) is 23.9 Å². The second-order valence-electron chi connectivity index (χ2n) is 5.85. The summed E-state index contributed by atoms with van der Waals surface area (Å²) in [7, 11) is 0. The number of hydrogen-bond donors (Lipinski definition) is 1. The SMILES string of the molecule is CC(=O)Cc1cc(C(=O)NCc2cc(C(F)(F)F)ccc2F)cc(C)n1. The van der Waals surface area contributed by atoms with Crippen LogP contribution in [0.15, 0.2) is 30.3 Å². The summed E-state index contributed by atoms with van der Waals surface area (Å²) in [6, 6.07) is 4.91. The number of carbonyl (C=O) groups excluding carboxylic acids is 2. The molecule has 0 aliphatic heterocycles. The van der Waals surface area contributed by atoms with Gasteiger partial charge in [-0.1, -0.05) is 0 Å². The molecule has 0 saturated heterocycles. The summed E-state index contributed by atoms with van der Waals surface area (Å²) in [6.07, 6.45) is -4.54. The molecule has 2 rings (SSSR count). The Morgan fingerprint density at radius 3 is 2.46 bits per heavy atom. The number of nitrogens with one attached hydrogen (secondary N) is 1. The Balaban J connectivity index is 2.16. The number of alkyl halides is 3. The maximum atomic E-state index is 13.7. The van der Waals surface area contributed by atoms with Crippen molar-refractivity contribution in [2.24, 2.45) is 0 Å². The van der Waals surface area contributed by atoms with E-state index in [1.807, 2.05) is 0 Å². The molecule has 0 aliphatic rings. The van der Waals surface area contributed by atoms with Gasteiger partial charge in [0.1, 0.15) is 11.6 Å².